The van der Waals surface area contributed by atoms with Crippen LogP contribution in [-0.2, 0) is 27.4 Å². The maximum Gasteiger partial charge on any atom is 0.0876 e. The summed E-state index contributed by atoms with van der Waals surface area (Å²) in [7, 11) is 0. The molecule has 0 unspecified atom stereocenters. The van der Waals surface area contributed by atoms with Gasteiger partial charge in [0.15, 0.2) is 0 Å². The minimum Gasteiger partial charge on any atom is -0.390 e. The van der Waals surface area contributed by atoms with Gasteiger partial charge in [0, 0.05) is 0 Å². The summed E-state index contributed by atoms with van der Waals surface area (Å²) in [5.41, 5.74) is 2.26. The average Bonchev–Trinajstić information content (AvgIpc) is 2.87. The molecule has 0 aliphatic carbocycles. The van der Waals surface area contributed by atoms with Crippen molar-refractivity contribution in [2.75, 3.05) is 6.61 Å². The van der Waals surface area contributed by atoms with Crippen LogP contribution in [0.2, 0.25) is 0 Å². The lowest BCUT2D eigenvalue weighted by molar-refractivity contribution is -0.133. The normalized spacial score (nSPS) is 15.0. The predicted molar refractivity (Wildman–Crippen MR) is 139 cm³/mol. The van der Waals surface area contributed by atoms with E-state index in [9.17, 15) is 5.11 Å². The highest BCUT2D eigenvalue weighted by Crippen LogP contribution is 2.21. The summed E-state index contributed by atoms with van der Waals surface area (Å²) in [6, 6.07) is 20.2. The summed E-state index contributed by atoms with van der Waals surface area (Å²) in [6.07, 6.45) is 8.79. The molecule has 4 nitrogen and oxygen atoms in total. The summed E-state index contributed by atoms with van der Waals surface area (Å²) in [5, 5.41) is 10.7. The van der Waals surface area contributed by atoms with Crippen molar-refractivity contribution in [2.24, 2.45) is 0 Å². The van der Waals surface area contributed by atoms with E-state index in [0.29, 0.717) is 39.1 Å². The van der Waals surface area contributed by atoms with Gasteiger partial charge in [-0.25, -0.2) is 0 Å². The first-order chi connectivity index (χ1) is 16.7. The molecule has 0 heterocycles. The number of aliphatic hydroxyl groups is 1. The zero-order valence-electron chi connectivity index (χ0n) is 20.4. The summed E-state index contributed by atoms with van der Waals surface area (Å²) >= 11 is 0. The van der Waals surface area contributed by atoms with Gasteiger partial charge in [-0.15, -0.1) is 13.2 Å². The van der Waals surface area contributed by atoms with E-state index < -0.39 is 6.10 Å². The zero-order chi connectivity index (χ0) is 24.4. The van der Waals surface area contributed by atoms with E-state index >= 15 is 0 Å². The van der Waals surface area contributed by atoms with Crippen LogP contribution in [0.5, 0.6) is 0 Å². The molecule has 184 valence electrons. The SMILES string of the molecule is C=CC[C@H](O)[C@H](C/C=C/COCc1ccccc1)O[C@H](CC)[C@@H](CC=C)OCc1ccccc1. The minimum atomic E-state index is -0.639. The van der Waals surface area contributed by atoms with Gasteiger partial charge in [0.25, 0.3) is 0 Å². The van der Waals surface area contributed by atoms with E-state index in [4.69, 9.17) is 14.2 Å². The highest BCUT2D eigenvalue weighted by molar-refractivity contribution is 5.14. The molecular weight excluding hydrogens is 424 g/mol. The molecule has 1 N–H and O–H groups in total. The van der Waals surface area contributed by atoms with E-state index in [1.165, 1.54) is 0 Å². The van der Waals surface area contributed by atoms with Gasteiger partial charge in [0.2, 0.25) is 0 Å². The molecule has 0 saturated heterocycles. The molecule has 4 heteroatoms. The van der Waals surface area contributed by atoms with Gasteiger partial charge in [-0.2, -0.15) is 0 Å². The second-order valence-corrected chi connectivity index (χ2v) is 8.28. The van der Waals surface area contributed by atoms with Gasteiger partial charge in [0.05, 0.1) is 44.2 Å². The van der Waals surface area contributed by atoms with Crippen molar-refractivity contribution in [3.8, 4) is 0 Å². The predicted octanol–water partition coefficient (Wildman–Crippen LogP) is 6.41. The van der Waals surface area contributed by atoms with Crippen LogP contribution in [-0.4, -0.2) is 36.1 Å². The fraction of sp³-hybridized carbons (Fsp3) is 0.400. The molecule has 0 amide bonds. The summed E-state index contributed by atoms with van der Waals surface area (Å²) in [5.74, 6) is 0. The van der Waals surface area contributed by atoms with Crippen molar-refractivity contribution in [1.29, 1.82) is 0 Å². The van der Waals surface area contributed by atoms with Gasteiger partial charge < -0.3 is 19.3 Å². The van der Waals surface area contributed by atoms with Gasteiger partial charge in [-0.1, -0.05) is 91.9 Å². The highest BCUT2D eigenvalue weighted by Gasteiger charge is 2.27. The number of rotatable bonds is 18. The average molecular weight is 465 g/mol. The van der Waals surface area contributed by atoms with Crippen molar-refractivity contribution in [1.82, 2.24) is 0 Å². The quantitative estimate of drug-likeness (QED) is 0.204. The highest BCUT2D eigenvalue weighted by atomic mass is 16.6. The second kappa shape index (κ2) is 17.0. The zero-order valence-corrected chi connectivity index (χ0v) is 20.4. The van der Waals surface area contributed by atoms with Gasteiger partial charge in [-0.05, 0) is 36.8 Å². The number of hydrogen-bond acceptors (Lipinski definition) is 4. The molecule has 2 aromatic rings. The van der Waals surface area contributed by atoms with Crippen LogP contribution in [0.15, 0.2) is 98.1 Å². The fourth-order valence-corrected chi connectivity index (χ4v) is 3.68. The van der Waals surface area contributed by atoms with E-state index in [0.717, 1.165) is 17.5 Å². The molecule has 0 aliphatic heterocycles. The molecule has 0 aliphatic rings. The molecule has 2 rings (SSSR count). The van der Waals surface area contributed by atoms with E-state index in [2.05, 4.69) is 20.1 Å². The number of benzene rings is 2. The molecule has 0 radical (unpaired) electrons. The second-order valence-electron chi connectivity index (χ2n) is 8.28. The lowest BCUT2D eigenvalue weighted by Gasteiger charge is -2.31. The number of aliphatic hydroxyl groups excluding tert-OH is 1. The Hall–Kier alpha value is -2.50. The Morgan fingerprint density at radius 3 is 1.97 bits per heavy atom. The summed E-state index contributed by atoms with van der Waals surface area (Å²) < 4.78 is 18.4. The lowest BCUT2D eigenvalue weighted by atomic mass is 10.0. The van der Waals surface area contributed by atoms with Crippen LogP contribution in [0.25, 0.3) is 0 Å². The first kappa shape index (κ1) is 27.7. The van der Waals surface area contributed by atoms with Crippen molar-refractivity contribution in [3.05, 3.63) is 109 Å². The van der Waals surface area contributed by atoms with E-state index in [-0.39, 0.29) is 18.3 Å². The third-order valence-electron chi connectivity index (χ3n) is 5.57. The fourth-order valence-electron chi connectivity index (χ4n) is 3.68. The van der Waals surface area contributed by atoms with Crippen LogP contribution >= 0.6 is 0 Å². The molecule has 34 heavy (non-hydrogen) atoms. The number of ether oxygens (including phenoxy) is 3. The molecule has 0 spiro atoms. The summed E-state index contributed by atoms with van der Waals surface area (Å²) in [4.78, 5) is 0. The Bertz CT molecular complexity index is 818. The van der Waals surface area contributed by atoms with Crippen LogP contribution in [0.4, 0.5) is 0 Å². The minimum absolute atomic E-state index is 0.140. The molecule has 0 saturated carbocycles. The van der Waals surface area contributed by atoms with Crippen LogP contribution in [0, 0.1) is 0 Å². The number of hydrogen-bond donors (Lipinski definition) is 1. The van der Waals surface area contributed by atoms with Gasteiger partial charge >= 0.3 is 0 Å². The third-order valence-corrected chi connectivity index (χ3v) is 5.57. The lowest BCUT2D eigenvalue weighted by Crippen LogP contribution is -2.39. The largest absolute Gasteiger partial charge is 0.390 e. The van der Waals surface area contributed by atoms with Gasteiger partial charge in [-0.3, -0.25) is 0 Å². The maximum absolute atomic E-state index is 10.7. The van der Waals surface area contributed by atoms with Crippen LogP contribution < -0.4 is 0 Å². The molecule has 4 atom stereocenters. The first-order valence-electron chi connectivity index (χ1n) is 12.1. The third kappa shape index (κ3) is 10.6. The van der Waals surface area contributed by atoms with Crippen molar-refractivity contribution < 1.29 is 19.3 Å². The van der Waals surface area contributed by atoms with Crippen molar-refractivity contribution >= 4 is 0 Å². The van der Waals surface area contributed by atoms with Gasteiger partial charge in [0.1, 0.15) is 0 Å². The Balaban J connectivity index is 1.92. The Labute approximate surface area is 205 Å². The smallest absolute Gasteiger partial charge is 0.0876 e. The van der Waals surface area contributed by atoms with Crippen LogP contribution in [0.1, 0.15) is 43.7 Å². The van der Waals surface area contributed by atoms with Crippen molar-refractivity contribution in [2.45, 2.75) is 70.2 Å². The van der Waals surface area contributed by atoms with Crippen LogP contribution in [0.3, 0.4) is 0 Å². The molecule has 0 aromatic heterocycles. The van der Waals surface area contributed by atoms with Crippen molar-refractivity contribution in [3.63, 3.8) is 0 Å². The standard InChI is InChI=1S/C30H40O4/c1-4-15-27(31)29(21-13-14-22-32-23-25-17-9-7-10-18-25)34-28(6-3)30(16-5-2)33-24-26-19-11-8-12-20-26/h4-5,7-14,17-20,27-31H,1-2,6,15-16,21-24H2,3H3/b14-13+/t27-,28+,29-,30+/m0/s1. The monoisotopic (exact) mass is 464 g/mol. The Morgan fingerprint density at radius 2 is 1.38 bits per heavy atom. The Morgan fingerprint density at radius 1 is 0.765 bits per heavy atom. The molecule has 2 aromatic carbocycles. The maximum atomic E-state index is 10.7. The first-order valence-corrected chi connectivity index (χ1v) is 12.1. The Kier molecular flexibility index (Phi) is 13.9. The summed E-state index contributed by atoms with van der Waals surface area (Å²) in [6.45, 7) is 11.3. The van der Waals surface area contributed by atoms with E-state index in [1.807, 2.05) is 78.9 Å². The molecular formula is C30H40O4. The molecule has 0 bridgehead atoms. The topological polar surface area (TPSA) is 47.9 Å². The molecule has 0 fully saturated rings. The van der Waals surface area contributed by atoms with E-state index in [1.54, 1.807) is 6.08 Å².